The molecule has 0 fully saturated rings. The molecule has 0 radical (unpaired) electrons. The van der Waals surface area contributed by atoms with Crippen molar-refractivity contribution in [3.63, 3.8) is 0 Å². The largest absolute Gasteiger partial charge is 0.320 e. The van der Waals surface area contributed by atoms with Gasteiger partial charge in [-0.3, -0.25) is 0 Å². The van der Waals surface area contributed by atoms with Gasteiger partial charge in [0.15, 0.2) is 0 Å². The lowest BCUT2D eigenvalue weighted by atomic mass is 10.0. The van der Waals surface area contributed by atoms with Crippen molar-refractivity contribution < 1.29 is 4.39 Å². The van der Waals surface area contributed by atoms with Crippen LogP contribution in [0.3, 0.4) is 0 Å². The molecular weight excluding hydrogens is 325 g/mol. The molecule has 1 heterocycles. The van der Waals surface area contributed by atoms with Crippen LogP contribution in [0, 0.1) is 12.7 Å². The van der Waals surface area contributed by atoms with Crippen LogP contribution in [0.2, 0.25) is 4.34 Å². The van der Waals surface area contributed by atoms with Crippen LogP contribution in [0.5, 0.6) is 0 Å². The molecule has 90 valence electrons. The minimum absolute atomic E-state index is 0.216. The summed E-state index contributed by atoms with van der Waals surface area (Å²) in [5.41, 5.74) is 7.61. The maximum absolute atomic E-state index is 13.2. The van der Waals surface area contributed by atoms with Crippen molar-refractivity contribution in [3.8, 4) is 0 Å². The summed E-state index contributed by atoms with van der Waals surface area (Å²) in [5, 5.41) is 0. The minimum atomic E-state index is -0.275. The van der Waals surface area contributed by atoms with E-state index in [0.717, 1.165) is 14.9 Å². The van der Waals surface area contributed by atoms with E-state index in [1.807, 2.05) is 6.07 Å². The van der Waals surface area contributed by atoms with Crippen LogP contribution in [-0.2, 0) is 0 Å². The minimum Gasteiger partial charge on any atom is -0.320 e. The lowest BCUT2D eigenvalue weighted by Gasteiger charge is -2.10. The van der Waals surface area contributed by atoms with Crippen LogP contribution in [0.15, 0.2) is 28.7 Å². The van der Waals surface area contributed by atoms with E-state index >= 15 is 0 Å². The van der Waals surface area contributed by atoms with E-state index in [2.05, 4.69) is 15.9 Å². The number of rotatable bonds is 2. The van der Waals surface area contributed by atoms with Crippen molar-refractivity contribution in [2.75, 3.05) is 0 Å². The zero-order chi connectivity index (χ0) is 12.6. The molecule has 1 unspecified atom stereocenters. The molecule has 0 aliphatic rings. The molecule has 1 atom stereocenters. The van der Waals surface area contributed by atoms with E-state index < -0.39 is 0 Å². The van der Waals surface area contributed by atoms with Gasteiger partial charge in [-0.1, -0.05) is 23.7 Å². The fraction of sp³-hybridized carbons (Fsp3) is 0.167. The Balaban J connectivity index is 2.36. The third-order valence-corrected chi connectivity index (χ3v) is 5.07. The Labute approximate surface area is 117 Å². The normalized spacial score (nSPS) is 12.8. The summed E-state index contributed by atoms with van der Waals surface area (Å²) in [6, 6.07) is 6.53. The molecule has 0 amide bonds. The predicted molar refractivity (Wildman–Crippen MR) is 74.2 cm³/mol. The summed E-state index contributed by atoms with van der Waals surface area (Å²) in [7, 11) is 0. The van der Waals surface area contributed by atoms with Gasteiger partial charge in [0.25, 0.3) is 0 Å². The second-order valence-electron chi connectivity index (χ2n) is 3.76. The number of nitrogens with two attached hydrogens (primary N) is 1. The topological polar surface area (TPSA) is 26.0 Å². The highest BCUT2D eigenvalue weighted by Crippen LogP contribution is 2.36. The molecule has 0 bridgehead atoms. The Hall–Kier alpha value is -0.420. The Bertz CT molecular complexity index is 536. The number of benzene rings is 1. The summed E-state index contributed by atoms with van der Waals surface area (Å²) >= 11 is 10.7. The van der Waals surface area contributed by atoms with E-state index in [9.17, 15) is 4.39 Å². The highest BCUT2D eigenvalue weighted by molar-refractivity contribution is 9.10. The van der Waals surface area contributed by atoms with Crippen LogP contribution in [0.1, 0.15) is 22.0 Å². The second-order valence-corrected chi connectivity index (χ2v) is 6.30. The first kappa shape index (κ1) is 13.0. The van der Waals surface area contributed by atoms with Gasteiger partial charge in [-0.25, -0.2) is 4.39 Å². The summed E-state index contributed by atoms with van der Waals surface area (Å²) in [6.07, 6.45) is 0. The molecule has 1 aromatic heterocycles. The molecule has 1 aromatic carbocycles. The van der Waals surface area contributed by atoms with Gasteiger partial charge in [-0.15, -0.1) is 11.3 Å². The molecule has 0 aliphatic carbocycles. The fourth-order valence-electron chi connectivity index (χ4n) is 1.54. The van der Waals surface area contributed by atoms with Gasteiger partial charge < -0.3 is 5.73 Å². The molecule has 2 rings (SSSR count). The molecule has 2 aromatic rings. The summed E-state index contributed by atoms with van der Waals surface area (Å²) in [4.78, 5) is 0.952. The van der Waals surface area contributed by atoms with Crippen LogP contribution >= 0.6 is 38.9 Å². The number of hydrogen-bond acceptors (Lipinski definition) is 2. The second kappa shape index (κ2) is 5.06. The fourth-order valence-corrected chi connectivity index (χ4v) is 3.31. The Morgan fingerprint density at radius 3 is 2.65 bits per heavy atom. The lowest BCUT2D eigenvalue weighted by molar-refractivity contribution is 0.617. The van der Waals surface area contributed by atoms with Crippen molar-refractivity contribution >= 4 is 38.9 Å². The van der Waals surface area contributed by atoms with Crippen molar-refractivity contribution in [3.05, 3.63) is 54.9 Å². The Morgan fingerprint density at radius 2 is 2.12 bits per heavy atom. The predicted octanol–water partition coefficient (Wildman–Crippen LogP) is 4.66. The molecule has 0 saturated heterocycles. The lowest BCUT2D eigenvalue weighted by Crippen LogP contribution is -2.10. The van der Waals surface area contributed by atoms with Gasteiger partial charge in [0, 0.05) is 9.35 Å². The molecule has 17 heavy (non-hydrogen) atoms. The maximum Gasteiger partial charge on any atom is 0.126 e. The smallest absolute Gasteiger partial charge is 0.126 e. The maximum atomic E-state index is 13.2. The number of hydrogen-bond donors (Lipinski definition) is 1. The van der Waals surface area contributed by atoms with Gasteiger partial charge in [0.1, 0.15) is 10.2 Å². The third-order valence-electron chi connectivity index (χ3n) is 2.51. The van der Waals surface area contributed by atoms with Gasteiger partial charge in [-0.05, 0) is 46.1 Å². The van der Waals surface area contributed by atoms with Crippen LogP contribution < -0.4 is 5.73 Å². The molecular formula is C12H10BrClFNS. The van der Waals surface area contributed by atoms with Crippen LogP contribution in [-0.4, -0.2) is 0 Å². The highest BCUT2D eigenvalue weighted by Gasteiger charge is 2.14. The van der Waals surface area contributed by atoms with Gasteiger partial charge in [0.05, 0.1) is 6.04 Å². The van der Waals surface area contributed by atoms with E-state index in [4.69, 9.17) is 17.3 Å². The monoisotopic (exact) mass is 333 g/mol. The quantitative estimate of drug-likeness (QED) is 0.849. The van der Waals surface area contributed by atoms with Crippen molar-refractivity contribution in [1.82, 2.24) is 0 Å². The molecule has 0 aliphatic heterocycles. The number of aryl methyl sites for hydroxylation is 1. The van der Waals surface area contributed by atoms with Gasteiger partial charge in [0.2, 0.25) is 0 Å². The molecule has 1 nitrogen and oxygen atoms in total. The van der Waals surface area contributed by atoms with Crippen molar-refractivity contribution in [1.29, 1.82) is 0 Å². The third kappa shape index (κ3) is 2.71. The molecule has 0 spiro atoms. The van der Waals surface area contributed by atoms with Crippen molar-refractivity contribution in [2.45, 2.75) is 13.0 Å². The SMILES string of the molecule is Cc1cc(C(N)c2cc(Br)c(Cl)s2)ccc1F. The van der Waals surface area contributed by atoms with E-state index in [-0.39, 0.29) is 11.9 Å². The Kier molecular flexibility index (Phi) is 3.88. The summed E-state index contributed by atoms with van der Waals surface area (Å²) in [5.74, 6) is -0.216. The number of thiophene rings is 1. The van der Waals surface area contributed by atoms with Crippen LogP contribution in [0.4, 0.5) is 4.39 Å². The summed E-state index contributed by atoms with van der Waals surface area (Å²) in [6.45, 7) is 1.73. The zero-order valence-electron chi connectivity index (χ0n) is 9.01. The molecule has 2 N–H and O–H groups in total. The first-order valence-electron chi connectivity index (χ1n) is 4.95. The first-order valence-corrected chi connectivity index (χ1v) is 6.94. The zero-order valence-corrected chi connectivity index (χ0v) is 12.2. The average molecular weight is 335 g/mol. The van der Waals surface area contributed by atoms with Gasteiger partial charge in [-0.2, -0.15) is 0 Å². The van der Waals surface area contributed by atoms with E-state index in [1.54, 1.807) is 19.1 Å². The van der Waals surface area contributed by atoms with E-state index in [1.165, 1.54) is 17.4 Å². The van der Waals surface area contributed by atoms with E-state index in [0.29, 0.717) is 9.90 Å². The highest BCUT2D eigenvalue weighted by atomic mass is 79.9. The van der Waals surface area contributed by atoms with Crippen LogP contribution in [0.25, 0.3) is 0 Å². The molecule has 0 saturated carbocycles. The molecule has 5 heteroatoms. The summed E-state index contributed by atoms with van der Waals surface area (Å²) < 4.78 is 14.7. The first-order chi connectivity index (χ1) is 7.99. The number of halogens is 3. The average Bonchev–Trinajstić information content (AvgIpc) is 2.62. The Morgan fingerprint density at radius 1 is 1.41 bits per heavy atom. The van der Waals surface area contributed by atoms with Gasteiger partial charge >= 0.3 is 0 Å². The standard InChI is InChI=1S/C12H10BrClFNS/c1-6-4-7(2-3-9(6)15)11(16)10-5-8(13)12(14)17-10/h2-5,11H,16H2,1H3. The van der Waals surface area contributed by atoms with Crippen molar-refractivity contribution in [2.24, 2.45) is 5.73 Å².